The third kappa shape index (κ3) is 1.02. The van der Waals surface area contributed by atoms with E-state index in [1.165, 1.54) is 17.5 Å². The van der Waals surface area contributed by atoms with Crippen LogP contribution in [0, 0.1) is 0 Å². The zero-order valence-electron chi connectivity index (χ0n) is 7.29. The smallest absolute Gasteiger partial charge is 0.113 e. The summed E-state index contributed by atoms with van der Waals surface area (Å²) in [6.45, 7) is 0. The molecule has 3 rings (SSSR count). The second kappa shape index (κ2) is 2.58. The molecule has 1 fully saturated rings. The normalized spacial score (nSPS) is 35.0. The monoisotopic (exact) mass is 238 g/mol. The van der Waals surface area contributed by atoms with Crippen molar-refractivity contribution >= 4 is 15.9 Å². The fraction of sp³-hybridized carbons (Fsp3) is 0.455. The van der Waals surface area contributed by atoms with E-state index < -0.39 is 0 Å². The molecule has 1 saturated heterocycles. The molecule has 2 atom stereocenters. The highest BCUT2D eigenvalue weighted by molar-refractivity contribution is 9.09. The number of ether oxygens (including phenoxy) is 1. The second-order valence-corrected chi connectivity index (χ2v) is 4.46. The summed E-state index contributed by atoms with van der Waals surface area (Å²) in [5.74, 6) is 0. The maximum absolute atomic E-state index is 5.79. The summed E-state index contributed by atoms with van der Waals surface area (Å²) in [7, 11) is 0. The fourth-order valence-corrected chi connectivity index (χ4v) is 2.98. The summed E-state index contributed by atoms with van der Waals surface area (Å²) in [4.78, 5) is 0. The first-order chi connectivity index (χ1) is 6.36. The van der Waals surface area contributed by atoms with Gasteiger partial charge in [-0.25, -0.2) is 0 Å². The molecule has 0 amide bonds. The highest BCUT2D eigenvalue weighted by atomic mass is 79.9. The molecule has 1 nitrogen and oxygen atoms in total. The van der Waals surface area contributed by atoms with Crippen molar-refractivity contribution in [1.82, 2.24) is 0 Å². The van der Waals surface area contributed by atoms with Gasteiger partial charge in [0.2, 0.25) is 0 Å². The van der Waals surface area contributed by atoms with E-state index in [-0.39, 0.29) is 5.60 Å². The van der Waals surface area contributed by atoms with E-state index in [2.05, 4.69) is 40.2 Å². The van der Waals surface area contributed by atoms with Crippen LogP contribution in [-0.4, -0.2) is 10.9 Å². The third-order valence-electron chi connectivity index (χ3n) is 3.15. The van der Waals surface area contributed by atoms with Gasteiger partial charge >= 0.3 is 0 Å². The summed E-state index contributed by atoms with van der Waals surface area (Å²) in [6, 6.07) is 8.63. The van der Waals surface area contributed by atoms with E-state index in [9.17, 15) is 0 Å². The van der Waals surface area contributed by atoms with Crippen LogP contribution in [-0.2, 0) is 11.2 Å². The van der Waals surface area contributed by atoms with Gasteiger partial charge in [0.05, 0.1) is 0 Å². The number of aryl methyl sites for hydroxylation is 1. The molecule has 0 N–H and O–H groups in total. The average molecular weight is 239 g/mol. The molecular weight excluding hydrogens is 228 g/mol. The lowest BCUT2D eigenvalue weighted by Crippen LogP contribution is -2.20. The molecule has 2 unspecified atom stereocenters. The van der Waals surface area contributed by atoms with Crippen molar-refractivity contribution in [3.63, 3.8) is 0 Å². The molecular formula is C11H11BrO. The van der Waals surface area contributed by atoms with Crippen molar-refractivity contribution in [2.24, 2.45) is 0 Å². The first-order valence-electron chi connectivity index (χ1n) is 4.67. The minimum absolute atomic E-state index is 0.147. The Morgan fingerprint density at radius 3 is 3.15 bits per heavy atom. The van der Waals surface area contributed by atoms with Crippen molar-refractivity contribution in [2.45, 2.75) is 24.5 Å². The lowest BCUT2D eigenvalue weighted by Gasteiger charge is -2.17. The Hall–Kier alpha value is -0.340. The van der Waals surface area contributed by atoms with Crippen LogP contribution in [0.5, 0.6) is 0 Å². The van der Waals surface area contributed by atoms with Gasteiger partial charge in [-0.2, -0.15) is 0 Å². The van der Waals surface area contributed by atoms with Gasteiger partial charge in [-0.1, -0.05) is 40.2 Å². The maximum atomic E-state index is 5.79. The standard InChI is InChI=1S/C11H11BrO/c12-7-11-6-5-8-3-1-2-4-9(8)10(11)13-11/h1-4,10H,5-7H2. The van der Waals surface area contributed by atoms with Crippen molar-refractivity contribution in [3.05, 3.63) is 35.4 Å². The van der Waals surface area contributed by atoms with Gasteiger partial charge in [0.15, 0.2) is 0 Å². The summed E-state index contributed by atoms with van der Waals surface area (Å²) in [6.07, 6.45) is 2.70. The molecule has 1 aliphatic carbocycles. The van der Waals surface area contributed by atoms with E-state index in [1.54, 1.807) is 0 Å². The Labute approximate surface area is 86.2 Å². The predicted octanol–water partition coefficient (Wildman–Crippen LogP) is 2.84. The highest BCUT2D eigenvalue weighted by Crippen LogP contribution is 2.57. The molecule has 2 aliphatic rings. The zero-order valence-corrected chi connectivity index (χ0v) is 8.88. The molecule has 2 heteroatoms. The van der Waals surface area contributed by atoms with Crippen LogP contribution >= 0.6 is 15.9 Å². The summed E-state index contributed by atoms with van der Waals surface area (Å²) in [5.41, 5.74) is 3.03. The van der Waals surface area contributed by atoms with Crippen LogP contribution in [0.4, 0.5) is 0 Å². The molecule has 0 radical (unpaired) electrons. The fourth-order valence-electron chi connectivity index (χ4n) is 2.27. The van der Waals surface area contributed by atoms with Gasteiger partial charge in [0.25, 0.3) is 0 Å². The topological polar surface area (TPSA) is 12.5 Å². The second-order valence-electron chi connectivity index (χ2n) is 3.90. The number of epoxide rings is 1. The summed E-state index contributed by atoms with van der Waals surface area (Å²) < 4.78 is 5.79. The molecule has 13 heavy (non-hydrogen) atoms. The Bertz CT molecular complexity index is 350. The Kier molecular flexibility index (Phi) is 1.59. The molecule has 0 bridgehead atoms. The zero-order chi connectivity index (χ0) is 8.89. The van der Waals surface area contributed by atoms with Crippen molar-refractivity contribution in [1.29, 1.82) is 0 Å². The lowest BCUT2D eigenvalue weighted by molar-refractivity contribution is 0.307. The van der Waals surface area contributed by atoms with Crippen LogP contribution in [0.15, 0.2) is 24.3 Å². The van der Waals surface area contributed by atoms with Gasteiger partial charge < -0.3 is 4.74 Å². The number of hydrogen-bond acceptors (Lipinski definition) is 1. The van der Waals surface area contributed by atoms with Gasteiger partial charge in [0, 0.05) is 5.33 Å². The number of fused-ring (bicyclic) bond motifs is 3. The van der Waals surface area contributed by atoms with E-state index >= 15 is 0 Å². The molecule has 0 aromatic heterocycles. The number of halogens is 1. The first kappa shape index (κ1) is 8.01. The molecule has 1 aromatic carbocycles. The maximum Gasteiger partial charge on any atom is 0.113 e. The van der Waals surface area contributed by atoms with Crippen LogP contribution in [0.2, 0.25) is 0 Å². The van der Waals surface area contributed by atoms with Crippen molar-refractivity contribution in [2.75, 3.05) is 5.33 Å². The highest BCUT2D eigenvalue weighted by Gasteiger charge is 2.58. The quantitative estimate of drug-likeness (QED) is 0.542. The van der Waals surface area contributed by atoms with Crippen LogP contribution < -0.4 is 0 Å². The van der Waals surface area contributed by atoms with E-state index in [0.717, 1.165) is 11.8 Å². The number of alkyl halides is 1. The van der Waals surface area contributed by atoms with Crippen molar-refractivity contribution < 1.29 is 4.74 Å². The molecule has 68 valence electrons. The molecule has 1 aliphatic heterocycles. The Balaban J connectivity index is 2.04. The SMILES string of the molecule is BrCC12CCc3ccccc3C1O2. The molecule has 1 aromatic rings. The number of benzene rings is 1. The van der Waals surface area contributed by atoms with Crippen molar-refractivity contribution in [3.8, 4) is 0 Å². The summed E-state index contributed by atoms with van der Waals surface area (Å²) in [5, 5.41) is 0.971. The van der Waals surface area contributed by atoms with Crippen LogP contribution in [0.25, 0.3) is 0 Å². The predicted molar refractivity (Wildman–Crippen MR) is 55.1 cm³/mol. The van der Waals surface area contributed by atoms with E-state index in [1.807, 2.05) is 0 Å². The Morgan fingerprint density at radius 1 is 1.46 bits per heavy atom. The third-order valence-corrected chi connectivity index (χ3v) is 4.10. The van der Waals surface area contributed by atoms with Gasteiger partial charge in [-0.3, -0.25) is 0 Å². The summed E-state index contributed by atoms with van der Waals surface area (Å²) >= 11 is 3.54. The lowest BCUT2D eigenvalue weighted by atomic mass is 9.85. The van der Waals surface area contributed by atoms with Gasteiger partial charge in [0.1, 0.15) is 11.7 Å². The van der Waals surface area contributed by atoms with Gasteiger partial charge in [-0.15, -0.1) is 0 Å². The Morgan fingerprint density at radius 2 is 2.31 bits per heavy atom. The van der Waals surface area contributed by atoms with Crippen LogP contribution in [0.1, 0.15) is 23.7 Å². The number of hydrogen-bond donors (Lipinski definition) is 0. The van der Waals surface area contributed by atoms with E-state index in [4.69, 9.17) is 4.74 Å². The average Bonchev–Trinajstić information content (AvgIpc) is 2.93. The van der Waals surface area contributed by atoms with E-state index in [0.29, 0.717) is 6.10 Å². The minimum Gasteiger partial charge on any atom is -0.360 e. The molecule has 0 saturated carbocycles. The van der Waals surface area contributed by atoms with Crippen LogP contribution in [0.3, 0.4) is 0 Å². The minimum atomic E-state index is 0.147. The number of rotatable bonds is 1. The molecule has 0 spiro atoms. The largest absolute Gasteiger partial charge is 0.360 e. The molecule has 1 heterocycles. The first-order valence-corrected chi connectivity index (χ1v) is 5.79. The van der Waals surface area contributed by atoms with Gasteiger partial charge in [-0.05, 0) is 24.0 Å².